The van der Waals surface area contributed by atoms with Gasteiger partial charge in [0.15, 0.2) is 17.3 Å². The molecule has 184 valence electrons. The van der Waals surface area contributed by atoms with Crippen molar-refractivity contribution in [2.24, 2.45) is 0 Å². The Morgan fingerprint density at radius 1 is 1.19 bits per heavy atom. The van der Waals surface area contributed by atoms with E-state index in [1.54, 1.807) is 11.0 Å². The third-order valence-electron chi connectivity index (χ3n) is 6.50. The number of aryl methyl sites for hydroxylation is 1. The highest BCUT2D eigenvalue weighted by molar-refractivity contribution is 6.33. The van der Waals surface area contributed by atoms with Gasteiger partial charge in [-0.25, -0.2) is 14.8 Å². The molecule has 1 saturated heterocycles. The first-order chi connectivity index (χ1) is 17.2. The van der Waals surface area contributed by atoms with Crippen molar-refractivity contribution >= 4 is 46.0 Å². The van der Waals surface area contributed by atoms with E-state index < -0.39 is 17.8 Å². The number of urea groups is 1. The highest BCUT2D eigenvalue weighted by Crippen LogP contribution is 2.44. The van der Waals surface area contributed by atoms with Crippen molar-refractivity contribution in [3.05, 3.63) is 58.7 Å². The first-order valence-corrected chi connectivity index (χ1v) is 11.6. The third kappa shape index (κ3) is 3.70. The monoisotopic (exact) mass is 513 g/mol. The Hall–Kier alpha value is -3.86. The Morgan fingerprint density at radius 2 is 2.03 bits per heavy atom. The number of pyridine rings is 2. The number of nitrogens with one attached hydrogen (secondary N) is 2. The number of fused-ring (bicyclic) bond motifs is 5. The first-order valence-electron chi connectivity index (χ1n) is 11.2. The summed E-state index contributed by atoms with van der Waals surface area (Å²) in [6.45, 7) is 3.16. The Labute approximate surface area is 208 Å². The second-order valence-corrected chi connectivity index (χ2v) is 9.26. The summed E-state index contributed by atoms with van der Waals surface area (Å²) in [5.41, 5.74) is 1.60. The van der Waals surface area contributed by atoms with Crippen molar-refractivity contribution in [1.82, 2.24) is 20.2 Å². The van der Waals surface area contributed by atoms with Crippen LogP contribution in [0.3, 0.4) is 0 Å². The van der Waals surface area contributed by atoms with E-state index in [9.17, 15) is 18.0 Å². The van der Waals surface area contributed by atoms with Crippen molar-refractivity contribution < 1.29 is 18.0 Å². The molecule has 1 fully saturated rings. The number of halogens is 4. The lowest BCUT2D eigenvalue weighted by Crippen LogP contribution is -2.48. The van der Waals surface area contributed by atoms with Crippen LogP contribution in [0, 0.1) is 6.92 Å². The zero-order chi connectivity index (χ0) is 25.2. The summed E-state index contributed by atoms with van der Waals surface area (Å²) in [7, 11) is 0. The molecule has 2 amide bonds. The number of nitrogens with zero attached hydrogens (tertiary/aromatic N) is 5. The molecule has 4 aromatic rings. The van der Waals surface area contributed by atoms with E-state index in [4.69, 9.17) is 11.6 Å². The number of H-pyrrole nitrogens is 1. The molecule has 0 unspecified atom stereocenters. The second-order valence-electron chi connectivity index (χ2n) is 8.85. The highest BCUT2D eigenvalue weighted by Gasteiger charge is 2.41. The maximum Gasteiger partial charge on any atom is 0.416 e. The van der Waals surface area contributed by atoms with Gasteiger partial charge in [-0.2, -0.15) is 18.3 Å². The fourth-order valence-electron chi connectivity index (χ4n) is 4.79. The quantitative estimate of drug-likeness (QED) is 0.362. The van der Waals surface area contributed by atoms with Gasteiger partial charge in [-0.15, -0.1) is 0 Å². The maximum absolute atomic E-state index is 13.5. The van der Waals surface area contributed by atoms with E-state index in [1.165, 1.54) is 12.1 Å². The average molecular weight is 514 g/mol. The first kappa shape index (κ1) is 22.6. The molecule has 1 aromatic carbocycles. The van der Waals surface area contributed by atoms with Crippen molar-refractivity contribution in [2.75, 3.05) is 28.2 Å². The van der Waals surface area contributed by atoms with Crippen molar-refractivity contribution in [2.45, 2.75) is 25.6 Å². The zero-order valence-corrected chi connectivity index (χ0v) is 19.7. The molecule has 0 saturated carbocycles. The molecular weight excluding hydrogens is 495 g/mol. The second kappa shape index (κ2) is 8.09. The van der Waals surface area contributed by atoms with Gasteiger partial charge in [-0.05, 0) is 43.7 Å². The van der Waals surface area contributed by atoms with E-state index in [1.807, 2.05) is 19.1 Å². The van der Waals surface area contributed by atoms with E-state index >= 15 is 0 Å². The number of alkyl halides is 3. The van der Waals surface area contributed by atoms with E-state index in [-0.39, 0.29) is 22.3 Å². The molecule has 2 bridgehead atoms. The minimum absolute atomic E-state index is 0.161. The van der Waals surface area contributed by atoms with Gasteiger partial charge in [-0.3, -0.25) is 15.3 Å². The molecule has 5 heterocycles. The molecule has 12 heteroatoms. The lowest BCUT2D eigenvalue weighted by Gasteiger charge is -2.36. The van der Waals surface area contributed by atoms with Crippen LogP contribution in [0.15, 0.2) is 42.5 Å². The van der Waals surface area contributed by atoms with Crippen LogP contribution in [0.1, 0.15) is 17.7 Å². The predicted molar refractivity (Wildman–Crippen MR) is 130 cm³/mol. The molecule has 2 N–H and O–H groups in total. The zero-order valence-electron chi connectivity index (χ0n) is 18.9. The number of anilines is 3. The number of carbonyl (C=O) groups excluding carboxylic acids is 1. The van der Waals surface area contributed by atoms with Gasteiger partial charge < -0.3 is 4.90 Å². The number of hydrogen-bond donors (Lipinski definition) is 2. The lowest BCUT2D eigenvalue weighted by molar-refractivity contribution is -0.137. The molecular formula is C24H19ClF3N7O. The summed E-state index contributed by atoms with van der Waals surface area (Å²) in [6, 6.07) is 9.53. The summed E-state index contributed by atoms with van der Waals surface area (Å²) in [6.07, 6.45) is -3.80. The van der Waals surface area contributed by atoms with Gasteiger partial charge in [0.25, 0.3) is 0 Å². The standard InChI is InChI=1S/C24H19ClF3N7O/c1-12-5-6-16-20(29-12)32-33-21(16)31-23(36)35-15-7-8-34(11-15)18-10-17(25)19(30-22(18)35)13-3-2-4-14(9-13)24(26,27)28/h2-6,9-10,15H,7-8,11H2,1H3,(H2,29,31,32,33,36)/t15-/m0/s1. The largest absolute Gasteiger partial charge is 0.416 e. The Morgan fingerprint density at radius 3 is 2.83 bits per heavy atom. The molecule has 2 aliphatic heterocycles. The van der Waals surface area contributed by atoms with Crippen LogP contribution in [0.4, 0.5) is 35.3 Å². The fourth-order valence-corrected chi connectivity index (χ4v) is 5.04. The lowest BCUT2D eigenvalue weighted by atomic mass is 10.1. The van der Waals surface area contributed by atoms with Crippen LogP contribution in [0.25, 0.3) is 22.3 Å². The molecule has 0 radical (unpaired) electrons. The molecule has 2 aliphatic rings. The van der Waals surface area contributed by atoms with Gasteiger partial charge in [-0.1, -0.05) is 23.7 Å². The molecule has 8 nitrogen and oxygen atoms in total. The summed E-state index contributed by atoms with van der Waals surface area (Å²) in [5, 5.41) is 10.7. The smallest absolute Gasteiger partial charge is 0.366 e. The Bertz CT molecular complexity index is 1520. The number of carbonyl (C=O) groups is 1. The number of hydrogen-bond acceptors (Lipinski definition) is 5. The van der Waals surface area contributed by atoms with Gasteiger partial charge in [0.05, 0.1) is 33.4 Å². The van der Waals surface area contributed by atoms with Crippen LogP contribution in [0.5, 0.6) is 0 Å². The SMILES string of the molecule is Cc1ccc2c(NC(=O)N3c4nc(-c5cccc(C(F)(F)F)c5)c(Cl)cc4N4CC[C@H]3C4)n[nH]c2n1. The van der Waals surface area contributed by atoms with E-state index in [0.29, 0.717) is 47.9 Å². The molecule has 3 aromatic heterocycles. The Kier molecular flexibility index (Phi) is 5.08. The maximum atomic E-state index is 13.5. The predicted octanol–water partition coefficient (Wildman–Crippen LogP) is 5.63. The van der Waals surface area contributed by atoms with Crippen molar-refractivity contribution in [3.63, 3.8) is 0 Å². The van der Waals surface area contributed by atoms with Gasteiger partial charge in [0.1, 0.15) is 0 Å². The number of benzene rings is 1. The van der Waals surface area contributed by atoms with E-state index in [2.05, 4.69) is 30.4 Å². The topological polar surface area (TPSA) is 90.0 Å². The number of aromatic nitrogens is 4. The minimum Gasteiger partial charge on any atom is -0.366 e. The van der Waals surface area contributed by atoms with Crippen LogP contribution >= 0.6 is 11.6 Å². The van der Waals surface area contributed by atoms with E-state index in [0.717, 1.165) is 17.8 Å². The van der Waals surface area contributed by atoms with Crippen LogP contribution < -0.4 is 15.1 Å². The van der Waals surface area contributed by atoms with Crippen LogP contribution in [-0.4, -0.2) is 45.3 Å². The van der Waals surface area contributed by atoms with Crippen LogP contribution in [0.2, 0.25) is 5.02 Å². The van der Waals surface area contributed by atoms with Crippen LogP contribution in [-0.2, 0) is 6.18 Å². The molecule has 36 heavy (non-hydrogen) atoms. The normalized spacial score (nSPS) is 17.0. The Balaban J connectivity index is 1.41. The number of aromatic amines is 1. The summed E-state index contributed by atoms with van der Waals surface area (Å²) >= 11 is 6.51. The summed E-state index contributed by atoms with van der Waals surface area (Å²) in [5.74, 6) is 0.670. The molecule has 0 spiro atoms. The molecule has 1 atom stereocenters. The number of rotatable bonds is 2. The van der Waals surface area contributed by atoms with Crippen molar-refractivity contribution in [3.8, 4) is 11.3 Å². The summed E-state index contributed by atoms with van der Waals surface area (Å²) < 4.78 is 39.9. The molecule has 6 rings (SSSR count). The number of amides is 2. The van der Waals surface area contributed by atoms with Crippen molar-refractivity contribution in [1.29, 1.82) is 0 Å². The van der Waals surface area contributed by atoms with Gasteiger partial charge in [0.2, 0.25) is 0 Å². The highest BCUT2D eigenvalue weighted by atomic mass is 35.5. The van der Waals surface area contributed by atoms with Gasteiger partial charge in [0, 0.05) is 24.3 Å². The van der Waals surface area contributed by atoms with Gasteiger partial charge >= 0.3 is 12.2 Å². The third-order valence-corrected chi connectivity index (χ3v) is 6.79. The fraction of sp³-hybridized carbons (Fsp3) is 0.250. The summed E-state index contributed by atoms with van der Waals surface area (Å²) in [4.78, 5) is 26.2. The minimum atomic E-state index is -4.51. The average Bonchev–Trinajstić information content (AvgIpc) is 3.43. The molecule has 0 aliphatic carbocycles.